The van der Waals surface area contributed by atoms with Gasteiger partial charge in [0.2, 0.25) is 10.0 Å². The third-order valence-electron chi connectivity index (χ3n) is 7.61. The van der Waals surface area contributed by atoms with E-state index in [9.17, 15) is 13.5 Å². The van der Waals surface area contributed by atoms with E-state index in [1.165, 1.54) is 10.4 Å². The van der Waals surface area contributed by atoms with E-state index in [1.54, 1.807) is 37.8 Å². The molecule has 0 unspecified atom stereocenters. The van der Waals surface area contributed by atoms with Gasteiger partial charge in [0.25, 0.3) is 0 Å². The molecule has 0 aromatic heterocycles. The molecule has 208 valence electrons. The first-order chi connectivity index (χ1) is 18.2. The van der Waals surface area contributed by atoms with Gasteiger partial charge >= 0.3 is 0 Å². The Balaban J connectivity index is 1.79. The molecule has 1 aromatic carbocycles. The lowest BCUT2D eigenvalue weighted by atomic mass is 9.91. The van der Waals surface area contributed by atoms with Crippen LogP contribution in [0, 0.1) is 11.7 Å². The number of aliphatic imine (C=N–C) groups is 1. The minimum absolute atomic E-state index is 0.00923. The number of hydrogen-bond acceptors (Lipinski definition) is 5. The van der Waals surface area contributed by atoms with E-state index in [1.807, 2.05) is 37.0 Å². The summed E-state index contributed by atoms with van der Waals surface area (Å²) in [7, 11) is -2.01. The van der Waals surface area contributed by atoms with E-state index < -0.39 is 21.1 Å². The second-order valence-electron chi connectivity index (χ2n) is 9.93. The summed E-state index contributed by atoms with van der Waals surface area (Å²) in [6.45, 7) is 12.6. The maximum atomic E-state index is 15.4. The molecule has 4 atom stereocenters. The van der Waals surface area contributed by atoms with E-state index in [0.717, 1.165) is 6.42 Å². The minimum Gasteiger partial charge on any atom is -0.396 e. The summed E-state index contributed by atoms with van der Waals surface area (Å²) in [5.41, 5.74) is 1.71. The van der Waals surface area contributed by atoms with Crippen molar-refractivity contribution in [2.75, 3.05) is 31.6 Å². The Morgan fingerprint density at radius 1 is 1.29 bits per heavy atom. The molecule has 2 fully saturated rings. The van der Waals surface area contributed by atoms with Crippen LogP contribution in [-0.2, 0) is 16.6 Å². The zero-order valence-electron chi connectivity index (χ0n) is 22.7. The molecular weight excluding hydrogens is 503 g/mol. The van der Waals surface area contributed by atoms with Crippen molar-refractivity contribution in [3.8, 4) is 0 Å². The standard InChI is InChI=1S/C29H41FN4O3S/c1-6-9-10-23(7-2)29-14-11-22(4)34(38(29,36)37)19-24-12-13-26(17-27(24)30)33-16-15-28(25(18-33)20-35)32(8-3)21-31-5/h6-10,12-13,17,21-22,25,28-29,35H,2-3,11,14-16,18-20H2,1,4-5H3/b9-6-,23-10+,31-21-/t22-,25-,28-,29+/m0/s1. The van der Waals surface area contributed by atoms with Crippen molar-refractivity contribution >= 4 is 22.0 Å². The van der Waals surface area contributed by atoms with Gasteiger partial charge in [-0.15, -0.1) is 0 Å². The molecule has 0 amide bonds. The zero-order valence-corrected chi connectivity index (χ0v) is 23.5. The molecule has 0 spiro atoms. The fourth-order valence-electron chi connectivity index (χ4n) is 5.46. The quantitative estimate of drug-likeness (QED) is 0.267. The van der Waals surface area contributed by atoms with Crippen molar-refractivity contribution in [1.29, 1.82) is 0 Å². The Morgan fingerprint density at radius 2 is 2.05 bits per heavy atom. The van der Waals surface area contributed by atoms with Gasteiger partial charge in [-0.05, 0) is 57.0 Å². The fraction of sp³-hybridized carbons (Fsp3) is 0.483. The van der Waals surface area contributed by atoms with Gasteiger partial charge in [0.15, 0.2) is 0 Å². The molecule has 0 radical (unpaired) electrons. The maximum Gasteiger partial charge on any atom is 0.221 e. The van der Waals surface area contributed by atoms with Gasteiger partial charge < -0.3 is 14.9 Å². The normalized spacial score (nSPS) is 26.7. The summed E-state index contributed by atoms with van der Waals surface area (Å²) < 4.78 is 44.0. The van der Waals surface area contributed by atoms with Crippen LogP contribution in [0.4, 0.5) is 10.1 Å². The third kappa shape index (κ3) is 6.45. The van der Waals surface area contributed by atoms with E-state index in [2.05, 4.69) is 23.1 Å². The first-order valence-electron chi connectivity index (χ1n) is 13.1. The predicted molar refractivity (Wildman–Crippen MR) is 154 cm³/mol. The molecule has 2 aliphatic heterocycles. The highest BCUT2D eigenvalue weighted by atomic mass is 32.2. The van der Waals surface area contributed by atoms with Crippen LogP contribution in [0.2, 0.25) is 0 Å². The lowest BCUT2D eigenvalue weighted by Crippen LogP contribution is -2.50. The molecule has 0 aliphatic carbocycles. The third-order valence-corrected chi connectivity index (χ3v) is 9.98. The molecule has 1 N–H and O–H groups in total. The van der Waals surface area contributed by atoms with E-state index in [-0.39, 0.29) is 31.2 Å². The van der Waals surface area contributed by atoms with Gasteiger partial charge in [0, 0.05) is 62.5 Å². The minimum atomic E-state index is -3.70. The number of sulfonamides is 1. The molecule has 0 saturated carbocycles. The number of aliphatic hydroxyl groups excluding tert-OH is 1. The van der Waals surface area contributed by atoms with Gasteiger partial charge in [0.05, 0.1) is 6.34 Å². The van der Waals surface area contributed by atoms with Crippen molar-refractivity contribution in [1.82, 2.24) is 9.21 Å². The highest BCUT2D eigenvalue weighted by Gasteiger charge is 2.41. The topological polar surface area (TPSA) is 76.5 Å². The van der Waals surface area contributed by atoms with Gasteiger partial charge in [-0.2, -0.15) is 4.31 Å². The number of piperidine rings is 1. The largest absolute Gasteiger partial charge is 0.396 e. The average molecular weight is 545 g/mol. The SMILES string of the molecule is C=C/C(=C\C=C/C)[C@H]1CC[C@H](C)N(Cc2ccc(N3CC[C@H](N(C=C)/C=N\C)[C@H](CO)C3)cc2F)S1(=O)=O. The van der Waals surface area contributed by atoms with Gasteiger partial charge in [0.1, 0.15) is 11.1 Å². The van der Waals surface area contributed by atoms with E-state index >= 15 is 4.39 Å². The summed E-state index contributed by atoms with van der Waals surface area (Å²) in [6, 6.07) is 4.82. The Labute approximate surface area is 227 Å². The highest BCUT2D eigenvalue weighted by molar-refractivity contribution is 7.90. The molecule has 2 heterocycles. The summed E-state index contributed by atoms with van der Waals surface area (Å²) in [5.74, 6) is -0.498. The second-order valence-corrected chi connectivity index (χ2v) is 12.0. The number of allylic oxidation sites excluding steroid dienone is 4. The molecule has 38 heavy (non-hydrogen) atoms. The molecule has 3 rings (SSSR count). The first kappa shape index (κ1) is 29.8. The lowest BCUT2D eigenvalue weighted by Gasteiger charge is -2.42. The molecule has 2 aliphatic rings. The number of anilines is 1. The molecule has 9 heteroatoms. The molecule has 1 aromatic rings. The van der Waals surface area contributed by atoms with E-state index in [0.29, 0.717) is 42.8 Å². The van der Waals surface area contributed by atoms with Crippen LogP contribution in [-0.4, -0.2) is 73.1 Å². The second kappa shape index (κ2) is 13.4. The number of aliphatic hydroxyl groups is 1. The fourth-order valence-corrected chi connectivity index (χ4v) is 7.66. The van der Waals surface area contributed by atoms with Crippen LogP contribution in [0.25, 0.3) is 0 Å². The summed E-state index contributed by atoms with van der Waals surface area (Å²) in [6.07, 6.45) is 12.4. The Morgan fingerprint density at radius 3 is 2.66 bits per heavy atom. The predicted octanol–water partition coefficient (Wildman–Crippen LogP) is 4.49. The molecular formula is C29H41FN4O3S. The highest BCUT2D eigenvalue weighted by Crippen LogP contribution is 2.34. The van der Waals surface area contributed by atoms with Crippen molar-refractivity contribution in [3.05, 3.63) is 78.8 Å². The molecule has 0 bridgehead atoms. The summed E-state index contributed by atoms with van der Waals surface area (Å²) >= 11 is 0. The van der Waals surface area contributed by atoms with Crippen LogP contribution in [0.5, 0.6) is 0 Å². The van der Waals surface area contributed by atoms with Crippen LogP contribution >= 0.6 is 0 Å². The monoisotopic (exact) mass is 544 g/mol. The summed E-state index contributed by atoms with van der Waals surface area (Å²) in [5, 5.41) is 9.34. The van der Waals surface area contributed by atoms with Gasteiger partial charge in [-0.1, -0.05) is 43.5 Å². The molecule has 7 nitrogen and oxygen atoms in total. The smallest absolute Gasteiger partial charge is 0.221 e. The lowest BCUT2D eigenvalue weighted by molar-refractivity contribution is 0.148. The average Bonchev–Trinajstić information content (AvgIpc) is 2.91. The van der Waals surface area contributed by atoms with Crippen molar-refractivity contribution < 1.29 is 17.9 Å². The number of halogens is 1. The number of nitrogens with zero attached hydrogens (tertiary/aromatic N) is 4. The Hall–Kier alpha value is -2.75. The Kier molecular flexibility index (Phi) is 10.5. The van der Waals surface area contributed by atoms with Crippen LogP contribution in [0.1, 0.15) is 38.7 Å². The van der Waals surface area contributed by atoms with Crippen LogP contribution < -0.4 is 4.90 Å². The van der Waals surface area contributed by atoms with Crippen molar-refractivity contribution in [2.24, 2.45) is 10.9 Å². The van der Waals surface area contributed by atoms with Gasteiger partial charge in [-0.25, -0.2) is 12.8 Å². The van der Waals surface area contributed by atoms with E-state index in [4.69, 9.17) is 0 Å². The first-order valence-corrected chi connectivity index (χ1v) is 14.6. The van der Waals surface area contributed by atoms with Crippen LogP contribution in [0.3, 0.4) is 0 Å². The van der Waals surface area contributed by atoms with Crippen molar-refractivity contribution in [2.45, 2.75) is 57.0 Å². The number of hydrogen-bond donors (Lipinski definition) is 1. The zero-order chi connectivity index (χ0) is 27.9. The van der Waals surface area contributed by atoms with Crippen LogP contribution in [0.15, 0.2) is 72.4 Å². The Bertz CT molecular complexity index is 1180. The van der Waals surface area contributed by atoms with Crippen molar-refractivity contribution in [3.63, 3.8) is 0 Å². The maximum absolute atomic E-state index is 15.4. The van der Waals surface area contributed by atoms with Gasteiger partial charge in [-0.3, -0.25) is 4.99 Å². The number of benzene rings is 1. The molecule has 2 saturated heterocycles. The number of rotatable bonds is 10. The summed E-state index contributed by atoms with van der Waals surface area (Å²) in [4.78, 5) is 8.05.